The van der Waals surface area contributed by atoms with Crippen molar-refractivity contribution in [2.24, 2.45) is 0 Å². The van der Waals surface area contributed by atoms with E-state index in [1.807, 2.05) is 31.2 Å². The number of carboxylic acids is 1. The minimum Gasteiger partial charge on any atom is -0.494 e. The number of carbonyl (C=O) groups is 1. The van der Waals surface area contributed by atoms with E-state index in [0.29, 0.717) is 24.3 Å². The Bertz CT molecular complexity index is 954. The van der Waals surface area contributed by atoms with Gasteiger partial charge >= 0.3 is 11.7 Å². The van der Waals surface area contributed by atoms with Gasteiger partial charge in [-0.3, -0.25) is 4.57 Å². The first-order valence-electron chi connectivity index (χ1n) is 8.11. The van der Waals surface area contributed by atoms with Gasteiger partial charge < -0.3 is 14.3 Å². The van der Waals surface area contributed by atoms with Crippen LogP contribution >= 0.6 is 0 Å². The van der Waals surface area contributed by atoms with Crippen molar-refractivity contribution >= 4 is 17.1 Å². The van der Waals surface area contributed by atoms with Gasteiger partial charge in [-0.15, -0.1) is 0 Å². The van der Waals surface area contributed by atoms with Crippen LogP contribution in [0.4, 0.5) is 0 Å². The molecule has 1 aromatic heterocycles. The molecule has 1 heterocycles. The Hall–Kier alpha value is -3.02. The number of ether oxygens (including phenoxy) is 1. The number of hydrogen-bond donors (Lipinski definition) is 1. The zero-order valence-electron chi connectivity index (χ0n) is 13.9. The number of aryl methyl sites for hydroxylation is 2. The quantitative estimate of drug-likeness (QED) is 0.666. The van der Waals surface area contributed by atoms with E-state index < -0.39 is 11.7 Å². The molecule has 0 aliphatic rings. The smallest absolute Gasteiger partial charge is 0.419 e. The van der Waals surface area contributed by atoms with E-state index in [9.17, 15) is 9.59 Å². The summed E-state index contributed by atoms with van der Waals surface area (Å²) in [6.45, 7) is 3.01. The number of rotatable bonds is 7. The van der Waals surface area contributed by atoms with Crippen LogP contribution in [0.3, 0.4) is 0 Å². The third-order valence-corrected chi connectivity index (χ3v) is 3.95. The fourth-order valence-corrected chi connectivity index (χ4v) is 2.67. The van der Waals surface area contributed by atoms with Crippen molar-refractivity contribution in [1.82, 2.24) is 4.57 Å². The van der Waals surface area contributed by atoms with Crippen molar-refractivity contribution in [2.75, 3.05) is 6.61 Å². The first kappa shape index (κ1) is 16.8. The summed E-state index contributed by atoms with van der Waals surface area (Å²) >= 11 is 0. The monoisotopic (exact) mass is 341 g/mol. The standard InChI is InChI=1S/C19H19NO5/c1-13-5-4-6-15(11-13)24-10-3-2-9-20-16-12-14(18(21)22)7-8-17(16)25-19(20)23/h4-8,11-12H,2-3,9-10H2,1H3,(H,21,22). The van der Waals surface area contributed by atoms with Crippen LogP contribution in [0, 0.1) is 6.92 Å². The zero-order valence-corrected chi connectivity index (χ0v) is 13.9. The summed E-state index contributed by atoms with van der Waals surface area (Å²) in [4.78, 5) is 23.0. The largest absolute Gasteiger partial charge is 0.494 e. The Morgan fingerprint density at radius 3 is 2.80 bits per heavy atom. The molecule has 0 bridgehead atoms. The summed E-state index contributed by atoms with van der Waals surface area (Å²) in [5.74, 6) is -0.678. The summed E-state index contributed by atoms with van der Waals surface area (Å²) in [5.41, 5.74) is 2.17. The molecule has 130 valence electrons. The number of fused-ring (bicyclic) bond motifs is 1. The highest BCUT2D eigenvalue weighted by Gasteiger charge is 2.12. The predicted molar refractivity (Wildman–Crippen MR) is 93.3 cm³/mol. The van der Waals surface area contributed by atoms with E-state index in [2.05, 4.69) is 0 Å². The molecule has 0 fully saturated rings. The van der Waals surface area contributed by atoms with Gasteiger partial charge in [0.2, 0.25) is 0 Å². The number of benzene rings is 2. The van der Waals surface area contributed by atoms with Crippen LogP contribution in [-0.2, 0) is 6.54 Å². The Morgan fingerprint density at radius 1 is 1.20 bits per heavy atom. The molecule has 6 nitrogen and oxygen atoms in total. The van der Waals surface area contributed by atoms with Gasteiger partial charge in [-0.1, -0.05) is 12.1 Å². The predicted octanol–water partition coefficient (Wildman–Crippen LogP) is 3.46. The van der Waals surface area contributed by atoms with E-state index >= 15 is 0 Å². The van der Waals surface area contributed by atoms with Crippen molar-refractivity contribution < 1.29 is 19.1 Å². The van der Waals surface area contributed by atoms with Crippen LogP contribution in [0.5, 0.6) is 5.75 Å². The maximum Gasteiger partial charge on any atom is 0.419 e. The Labute approximate surface area is 144 Å². The second kappa shape index (κ2) is 7.25. The molecular weight excluding hydrogens is 322 g/mol. The molecule has 0 spiro atoms. The molecule has 0 unspecified atom stereocenters. The summed E-state index contributed by atoms with van der Waals surface area (Å²) in [7, 11) is 0. The third-order valence-electron chi connectivity index (χ3n) is 3.95. The van der Waals surface area contributed by atoms with Crippen molar-refractivity contribution in [3.8, 4) is 5.75 Å². The fraction of sp³-hybridized carbons (Fsp3) is 0.263. The lowest BCUT2D eigenvalue weighted by atomic mass is 10.2. The summed E-state index contributed by atoms with van der Waals surface area (Å²) in [6.07, 6.45) is 1.49. The second-order valence-electron chi connectivity index (χ2n) is 5.88. The van der Waals surface area contributed by atoms with Gasteiger partial charge in [-0.2, -0.15) is 0 Å². The topological polar surface area (TPSA) is 81.7 Å². The summed E-state index contributed by atoms with van der Waals surface area (Å²) < 4.78 is 12.3. The molecule has 0 saturated heterocycles. The second-order valence-corrected chi connectivity index (χ2v) is 5.88. The number of nitrogens with zero attached hydrogens (tertiary/aromatic N) is 1. The number of unbranched alkanes of at least 4 members (excludes halogenated alkanes) is 1. The SMILES string of the molecule is Cc1cccc(OCCCCn2c(=O)oc3ccc(C(=O)O)cc32)c1. The number of aromatic carboxylic acids is 1. The molecule has 25 heavy (non-hydrogen) atoms. The number of oxazole rings is 1. The van der Waals surface area contributed by atoms with Gasteiger partial charge in [-0.05, 0) is 55.7 Å². The number of hydrogen-bond acceptors (Lipinski definition) is 4. The van der Waals surface area contributed by atoms with E-state index in [1.54, 1.807) is 0 Å². The minimum atomic E-state index is -1.03. The molecule has 2 aromatic carbocycles. The van der Waals surface area contributed by atoms with Crippen LogP contribution in [0.2, 0.25) is 0 Å². The summed E-state index contributed by atoms with van der Waals surface area (Å²) in [6, 6.07) is 12.2. The lowest BCUT2D eigenvalue weighted by molar-refractivity contribution is 0.0697. The minimum absolute atomic E-state index is 0.129. The van der Waals surface area contributed by atoms with Gasteiger partial charge in [-0.25, -0.2) is 9.59 Å². The summed E-state index contributed by atoms with van der Waals surface area (Å²) in [5, 5.41) is 9.08. The van der Waals surface area contributed by atoms with Crippen LogP contribution in [0.25, 0.3) is 11.1 Å². The average Bonchev–Trinajstić information content (AvgIpc) is 2.89. The highest BCUT2D eigenvalue weighted by Crippen LogP contribution is 2.16. The zero-order chi connectivity index (χ0) is 17.8. The maximum absolute atomic E-state index is 12.0. The van der Waals surface area contributed by atoms with Gasteiger partial charge in [0.25, 0.3) is 0 Å². The van der Waals surface area contributed by atoms with Gasteiger partial charge in [0.1, 0.15) is 5.75 Å². The average molecular weight is 341 g/mol. The lowest BCUT2D eigenvalue weighted by Crippen LogP contribution is -2.15. The number of aromatic nitrogens is 1. The van der Waals surface area contributed by atoms with Gasteiger partial charge in [0.15, 0.2) is 5.58 Å². The highest BCUT2D eigenvalue weighted by atomic mass is 16.5. The first-order valence-corrected chi connectivity index (χ1v) is 8.11. The number of carboxylic acid groups (broad SMARTS) is 1. The molecular formula is C19H19NO5. The van der Waals surface area contributed by atoms with E-state index in [1.165, 1.54) is 22.8 Å². The molecule has 3 rings (SSSR count). The normalized spacial score (nSPS) is 10.9. The first-order chi connectivity index (χ1) is 12.0. The molecule has 6 heteroatoms. The van der Waals surface area contributed by atoms with Gasteiger partial charge in [0, 0.05) is 6.54 Å². The maximum atomic E-state index is 12.0. The lowest BCUT2D eigenvalue weighted by Gasteiger charge is -2.07. The molecule has 0 amide bonds. The van der Waals surface area contributed by atoms with Crippen molar-refractivity contribution in [3.05, 3.63) is 64.1 Å². The third kappa shape index (κ3) is 3.91. The molecule has 0 atom stereocenters. The van der Waals surface area contributed by atoms with E-state index in [0.717, 1.165) is 24.2 Å². The van der Waals surface area contributed by atoms with E-state index in [-0.39, 0.29) is 5.56 Å². The van der Waals surface area contributed by atoms with Crippen LogP contribution in [0.15, 0.2) is 51.7 Å². The van der Waals surface area contributed by atoms with Crippen molar-refractivity contribution in [3.63, 3.8) is 0 Å². The molecule has 0 aliphatic carbocycles. The van der Waals surface area contributed by atoms with Crippen LogP contribution in [0.1, 0.15) is 28.8 Å². The van der Waals surface area contributed by atoms with Crippen molar-refractivity contribution in [2.45, 2.75) is 26.3 Å². The van der Waals surface area contributed by atoms with Gasteiger partial charge in [0.05, 0.1) is 17.7 Å². The molecule has 0 saturated carbocycles. The molecule has 1 N–H and O–H groups in total. The van der Waals surface area contributed by atoms with Crippen LogP contribution < -0.4 is 10.5 Å². The van der Waals surface area contributed by atoms with E-state index in [4.69, 9.17) is 14.3 Å². The van der Waals surface area contributed by atoms with Crippen LogP contribution in [-0.4, -0.2) is 22.2 Å². The Morgan fingerprint density at radius 2 is 2.04 bits per heavy atom. The fourth-order valence-electron chi connectivity index (χ4n) is 2.67. The molecule has 0 radical (unpaired) electrons. The molecule has 3 aromatic rings. The highest BCUT2D eigenvalue weighted by molar-refractivity contribution is 5.91. The van der Waals surface area contributed by atoms with Crippen molar-refractivity contribution in [1.29, 1.82) is 0 Å². The molecule has 0 aliphatic heterocycles. The Balaban J connectivity index is 1.61. The Kier molecular flexibility index (Phi) is 4.88.